The minimum absolute atomic E-state index is 0.0179. The maximum Gasteiger partial charge on any atom is 0.101 e. The SMILES string of the molecule is CC(N)C1(c2nc(-c3ccccc3)cs2)CCOCC1. The zero-order valence-corrected chi connectivity index (χ0v) is 12.5. The summed E-state index contributed by atoms with van der Waals surface area (Å²) >= 11 is 1.73. The van der Waals surface area contributed by atoms with Crippen LogP contribution in [0, 0.1) is 0 Å². The van der Waals surface area contributed by atoms with Crippen molar-refractivity contribution in [3.8, 4) is 11.3 Å². The zero-order chi connectivity index (χ0) is 14.0. The van der Waals surface area contributed by atoms with E-state index in [-0.39, 0.29) is 11.5 Å². The van der Waals surface area contributed by atoms with Crippen molar-refractivity contribution in [2.75, 3.05) is 13.2 Å². The van der Waals surface area contributed by atoms with Crippen molar-refractivity contribution in [2.45, 2.75) is 31.2 Å². The van der Waals surface area contributed by atoms with E-state index < -0.39 is 0 Å². The predicted octanol–water partition coefficient (Wildman–Crippen LogP) is 3.21. The normalized spacial score (nSPS) is 19.7. The molecule has 1 aromatic carbocycles. The molecule has 0 amide bonds. The van der Waals surface area contributed by atoms with Crippen LogP contribution in [0.3, 0.4) is 0 Å². The van der Waals surface area contributed by atoms with Gasteiger partial charge in [0.1, 0.15) is 5.01 Å². The Morgan fingerprint density at radius 3 is 2.60 bits per heavy atom. The first kappa shape index (κ1) is 13.7. The molecule has 2 heterocycles. The van der Waals surface area contributed by atoms with E-state index in [0.29, 0.717) is 0 Å². The van der Waals surface area contributed by atoms with Crippen LogP contribution in [-0.4, -0.2) is 24.2 Å². The average molecular weight is 288 g/mol. The first-order valence-corrected chi connectivity index (χ1v) is 7.95. The molecule has 106 valence electrons. The summed E-state index contributed by atoms with van der Waals surface area (Å²) in [5, 5.41) is 3.30. The standard InChI is InChI=1S/C16H20N2OS/c1-12(17)16(7-9-19-10-8-16)15-18-14(11-20-15)13-5-3-2-4-6-13/h2-6,11-12H,7-10,17H2,1H3. The van der Waals surface area contributed by atoms with E-state index in [4.69, 9.17) is 15.5 Å². The third-order valence-corrected chi connectivity index (χ3v) is 5.32. The van der Waals surface area contributed by atoms with Crippen molar-refractivity contribution in [1.82, 2.24) is 4.98 Å². The minimum Gasteiger partial charge on any atom is -0.381 e. The van der Waals surface area contributed by atoms with E-state index in [1.54, 1.807) is 11.3 Å². The quantitative estimate of drug-likeness (QED) is 0.943. The van der Waals surface area contributed by atoms with Crippen molar-refractivity contribution in [1.29, 1.82) is 0 Å². The number of rotatable bonds is 3. The second-order valence-electron chi connectivity index (χ2n) is 5.46. The van der Waals surface area contributed by atoms with Gasteiger partial charge in [-0.3, -0.25) is 0 Å². The molecule has 1 fully saturated rings. The Bertz CT molecular complexity index is 559. The van der Waals surface area contributed by atoms with E-state index in [9.17, 15) is 0 Å². The van der Waals surface area contributed by atoms with Gasteiger partial charge in [0.2, 0.25) is 0 Å². The Balaban J connectivity index is 1.95. The van der Waals surface area contributed by atoms with Crippen molar-refractivity contribution >= 4 is 11.3 Å². The largest absolute Gasteiger partial charge is 0.381 e. The molecular formula is C16H20N2OS. The van der Waals surface area contributed by atoms with Crippen LogP contribution in [-0.2, 0) is 10.2 Å². The summed E-state index contributed by atoms with van der Waals surface area (Å²) in [6, 6.07) is 10.4. The second-order valence-corrected chi connectivity index (χ2v) is 6.32. The highest BCUT2D eigenvalue weighted by atomic mass is 32.1. The number of thiazole rings is 1. The summed E-state index contributed by atoms with van der Waals surface area (Å²) in [6.07, 6.45) is 1.93. The van der Waals surface area contributed by atoms with Crippen LogP contribution in [0.4, 0.5) is 0 Å². The number of aromatic nitrogens is 1. The number of nitrogens with two attached hydrogens (primary N) is 1. The van der Waals surface area contributed by atoms with Crippen molar-refractivity contribution in [3.63, 3.8) is 0 Å². The van der Waals surface area contributed by atoms with E-state index in [1.807, 2.05) is 18.2 Å². The van der Waals surface area contributed by atoms with Crippen LogP contribution >= 0.6 is 11.3 Å². The van der Waals surface area contributed by atoms with Crippen LogP contribution in [0.2, 0.25) is 0 Å². The molecule has 0 aliphatic carbocycles. The summed E-state index contributed by atoms with van der Waals surface area (Å²) in [5.74, 6) is 0. The first-order chi connectivity index (χ1) is 9.72. The lowest BCUT2D eigenvalue weighted by atomic mass is 9.75. The molecule has 0 spiro atoms. The molecule has 0 radical (unpaired) electrons. The zero-order valence-electron chi connectivity index (χ0n) is 11.7. The van der Waals surface area contributed by atoms with Crippen molar-refractivity contribution in [2.24, 2.45) is 5.73 Å². The fourth-order valence-corrected chi connectivity index (χ4v) is 4.03. The van der Waals surface area contributed by atoms with Gasteiger partial charge in [0, 0.05) is 35.6 Å². The molecule has 20 heavy (non-hydrogen) atoms. The molecule has 2 aromatic rings. The minimum atomic E-state index is -0.0179. The number of hydrogen-bond acceptors (Lipinski definition) is 4. The Morgan fingerprint density at radius 2 is 1.95 bits per heavy atom. The Kier molecular flexibility index (Phi) is 3.87. The fraction of sp³-hybridized carbons (Fsp3) is 0.438. The molecule has 2 N–H and O–H groups in total. The van der Waals surface area contributed by atoms with Crippen LogP contribution in [0.5, 0.6) is 0 Å². The molecule has 0 bridgehead atoms. The molecule has 0 saturated carbocycles. The van der Waals surface area contributed by atoms with Gasteiger partial charge in [-0.15, -0.1) is 11.3 Å². The molecule has 1 unspecified atom stereocenters. The Hall–Kier alpha value is -1.23. The van der Waals surface area contributed by atoms with Crippen molar-refractivity contribution < 1.29 is 4.74 Å². The maximum atomic E-state index is 6.29. The fourth-order valence-electron chi connectivity index (χ4n) is 2.84. The van der Waals surface area contributed by atoms with E-state index in [2.05, 4.69) is 24.4 Å². The van der Waals surface area contributed by atoms with Crippen LogP contribution in [0.15, 0.2) is 35.7 Å². The lowest BCUT2D eigenvalue weighted by Gasteiger charge is -2.38. The monoisotopic (exact) mass is 288 g/mol. The molecule has 3 rings (SSSR count). The van der Waals surface area contributed by atoms with E-state index in [1.165, 1.54) is 5.56 Å². The molecule has 1 aliphatic rings. The highest BCUT2D eigenvalue weighted by molar-refractivity contribution is 7.10. The second kappa shape index (κ2) is 5.64. The molecule has 1 atom stereocenters. The third-order valence-electron chi connectivity index (χ3n) is 4.26. The van der Waals surface area contributed by atoms with Gasteiger partial charge >= 0.3 is 0 Å². The molecule has 1 aliphatic heterocycles. The number of nitrogens with zero attached hydrogens (tertiary/aromatic N) is 1. The topological polar surface area (TPSA) is 48.1 Å². The van der Waals surface area contributed by atoms with Gasteiger partial charge in [0.25, 0.3) is 0 Å². The summed E-state index contributed by atoms with van der Waals surface area (Å²) < 4.78 is 5.51. The Morgan fingerprint density at radius 1 is 1.25 bits per heavy atom. The number of ether oxygens (including phenoxy) is 1. The summed E-state index contributed by atoms with van der Waals surface area (Å²) in [4.78, 5) is 4.88. The molecular weight excluding hydrogens is 268 g/mol. The van der Waals surface area contributed by atoms with E-state index >= 15 is 0 Å². The van der Waals surface area contributed by atoms with Gasteiger partial charge < -0.3 is 10.5 Å². The van der Waals surface area contributed by atoms with Gasteiger partial charge in [0.05, 0.1) is 5.69 Å². The first-order valence-electron chi connectivity index (χ1n) is 7.07. The van der Waals surface area contributed by atoms with Crippen LogP contribution in [0.25, 0.3) is 11.3 Å². The predicted molar refractivity (Wildman–Crippen MR) is 82.9 cm³/mol. The lowest BCUT2D eigenvalue weighted by molar-refractivity contribution is 0.0422. The van der Waals surface area contributed by atoms with Gasteiger partial charge in [-0.1, -0.05) is 30.3 Å². The summed E-state index contributed by atoms with van der Waals surface area (Å²) in [7, 11) is 0. The highest BCUT2D eigenvalue weighted by Crippen LogP contribution is 2.40. The molecule has 1 saturated heterocycles. The lowest BCUT2D eigenvalue weighted by Crippen LogP contribution is -2.47. The smallest absolute Gasteiger partial charge is 0.101 e. The summed E-state index contributed by atoms with van der Waals surface area (Å²) in [5.41, 5.74) is 8.50. The van der Waals surface area contributed by atoms with Crippen LogP contribution < -0.4 is 5.73 Å². The Labute approximate surface area is 123 Å². The van der Waals surface area contributed by atoms with Gasteiger partial charge in [0.15, 0.2) is 0 Å². The average Bonchev–Trinajstić information content (AvgIpc) is 2.99. The molecule has 3 nitrogen and oxygen atoms in total. The van der Waals surface area contributed by atoms with Gasteiger partial charge in [-0.05, 0) is 19.8 Å². The third kappa shape index (κ3) is 2.39. The van der Waals surface area contributed by atoms with E-state index in [0.717, 1.165) is 36.8 Å². The van der Waals surface area contributed by atoms with Crippen molar-refractivity contribution in [3.05, 3.63) is 40.7 Å². The number of hydrogen-bond donors (Lipinski definition) is 1. The highest BCUT2D eigenvalue weighted by Gasteiger charge is 2.40. The summed E-state index contributed by atoms with van der Waals surface area (Å²) in [6.45, 7) is 3.65. The molecule has 4 heteroatoms. The van der Waals surface area contributed by atoms with Gasteiger partial charge in [-0.25, -0.2) is 4.98 Å². The molecule has 1 aromatic heterocycles. The van der Waals surface area contributed by atoms with Gasteiger partial charge in [-0.2, -0.15) is 0 Å². The number of benzene rings is 1. The van der Waals surface area contributed by atoms with Crippen LogP contribution in [0.1, 0.15) is 24.8 Å². The maximum absolute atomic E-state index is 6.29.